The molecule has 6 nitrogen and oxygen atoms in total. The van der Waals surface area contributed by atoms with Gasteiger partial charge in [-0.1, -0.05) is 18.2 Å². The third-order valence-electron chi connectivity index (χ3n) is 5.73. The average molecular weight is 395 g/mol. The molecule has 3 rings (SSSR count). The first-order chi connectivity index (χ1) is 12.9. The number of thioether (sulfide) groups is 1. The van der Waals surface area contributed by atoms with Crippen LogP contribution < -0.4 is 5.32 Å². The summed E-state index contributed by atoms with van der Waals surface area (Å²) in [4.78, 5) is 40.1. The largest absolute Gasteiger partial charge is 0.464 e. The number of quaternary nitrogens is 1. The van der Waals surface area contributed by atoms with Gasteiger partial charge in [0, 0.05) is 18.5 Å². The minimum Gasteiger partial charge on any atom is -0.464 e. The maximum Gasteiger partial charge on any atom is 0.368 e. The van der Waals surface area contributed by atoms with Crippen molar-refractivity contribution in [3.63, 3.8) is 0 Å². The van der Waals surface area contributed by atoms with Crippen LogP contribution in [0.5, 0.6) is 0 Å². The number of likely N-dealkylation sites (tertiary alicyclic amines) is 1. The number of esters is 1. The molecule has 2 fully saturated rings. The summed E-state index contributed by atoms with van der Waals surface area (Å²) < 4.78 is 19.6. The lowest BCUT2D eigenvalue weighted by atomic mass is 9.78. The van der Waals surface area contributed by atoms with Crippen LogP contribution in [0.4, 0.5) is 4.39 Å². The number of amides is 2. The summed E-state index contributed by atoms with van der Waals surface area (Å²) in [5.74, 6) is -2.71. The third kappa shape index (κ3) is 2.95. The minimum absolute atomic E-state index is 0.231. The zero-order chi connectivity index (χ0) is 19.8. The molecule has 2 amide bonds. The third-order valence-corrected chi connectivity index (χ3v) is 6.34. The van der Waals surface area contributed by atoms with E-state index >= 15 is 0 Å². The molecule has 0 bridgehead atoms. The summed E-state index contributed by atoms with van der Waals surface area (Å²) >= 11 is 1.55. The van der Waals surface area contributed by atoms with Crippen molar-refractivity contribution >= 4 is 29.5 Å². The average Bonchev–Trinajstić information content (AvgIpc) is 3.14. The number of hydrogen-bond donors (Lipinski definition) is 1. The smallest absolute Gasteiger partial charge is 0.368 e. The Kier molecular flexibility index (Phi) is 5.58. The van der Waals surface area contributed by atoms with E-state index < -0.39 is 35.2 Å². The van der Waals surface area contributed by atoms with E-state index in [-0.39, 0.29) is 18.4 Å². The zero-order valence-corrected chi connectivity index (χ0v) is 16.4. The van der Waals surface area contributed by atoms with E-state index in [2.05, 4.69) is 0 Å². The molecular formula is C19H24FN2O4S+. The van der Waals surface area contributed by atoms with Crippen molar-refractivity contribution in [2.45, 2.75) is 24.9 Å². The van der Waals surface area contributed by atoms with E-state index in [1.54, 1.807) is 42.2 Å². The van der Waals surface area contributed by atoms with Gasteiger partial charge in [-0.15, -0.1) is 0 Å². The monoisotopic (exact) mass is 395 g/mol. The summed E-state index contributed by atoms with van der Waals surface area (Å²) in [7, 11) is 1.28. The van der Waals surface area contributed by atoms with Gasteiger partial charge in [0.05, 0.1) is 7.11 Å². The molecule has 27 heavy (non-hydrogen) atoms. The van der Waals surface area contributed by atoms with Crippen LogP contribution in [0, 0.1) is 17.7 Å². The van der Waals surface area contributed by atoms with Crippen LogP contribution in [0.15, 0.2) is 24.3 Å². The van der Waals surface area contributed by atoms with Gasteiger partial charge in [0.1, 0.15) is 23.7 Å². The summed E-state index contributed by atoms with van der Waals surface area (Å²) in [6.45, 7) is 1.95. The molecule has 1 aromatic carbocycles. The minimum atomic E-state index is -1.23. The molecule has 0 spiro atoms. The lowest BCUT2D eigenvalue weighted by Crippen LogP contribution is -2.98. The number of benzene rings is 1. The number of nitrogens with zero attached hydrogens (tertiary/aromatic N) is 1. The van der Waals surface area contributed by atoms with Crippen LogP contribution in [0.1, 0.15) is 24.9 Å². The van der Waals surface area contributed by atoms with E-state index in [0.29, 0.717) is 17.7 Å². The van der Waals surface area contributed by atoms with Crippen molar-refractivity contribution in [3.05, 3.63) is 35.6 Å². The fourth-order valence-electron chi connectivity index (χ4n) is 4.52. The van der Waals surface area contributed by atoms with Crippen LogP contribution in [0.3, 0.4) is 0 Å². The maximum atomic E-state index is 14.5. The molecule has 0 radical (unpaired) electrons. The van der Waals surface area contributed by atoms with Gasteiger partial charge >= 0.3 is 5.97 Å². The molecule has 0 unspecified atom stereocenters. The second-order valence-corrected chi connectivity index (χ2v) is 7.90. The van der Waals surface area contributed by atoms with Crippen LogP contribution in [-0.4, -0.2) is 53.9 Å². The highest BCUT2D eigenvalue weighted by Gasteiger charge is 2.72. The number of ether oxygens (including phenoxy) is 1. The van der Waals surface area contributed by atoms with Gasteiger partial charge in [0.2, 0.25) is 17.4 Å². The first-order valence-corrected chi connectivity index (χ1v) is 10.3. The fourth-order valence-corrected chi connectivity index (χ4v) is 5.06. The number of methoxy groups -OCH3 is 1. The van der Waals surface area contributed by atoms with Crippen molar-refractivity contribution in [2.24, 2.45) is 11.8 Å². The number of hydrogen-bond acceptors (Lipinski definition) is 5. The first-order valence-electron chi connectivity index (χ1n) is 8.96. The molecule has 0 aromatic heterocycles. The van der Waals surface area contributed by atoms with E-state index in [4.69, 9.17) is 4.74 Å². The van der Waals surface area contributed by atoms with Crippen LogP contribution in [0.25, 0.3) is 0 Å². The fraction of sp³-hybridized carbons (Fsp3) is 0.526. The lowest BCUT2D eigenvalue weighted by Gasteiger charge is -2.29. The highest BCUT2D eigenvalue weighted by Crippen LogP contribution is 2.46. The van der Waals surface area contributed by atoms with E-state index in [9.17, 15) is 18.8 Å². The predicted molar refractivity (Wildman–Crippen MR) is 98.2 cm³/mol. The Balaban J connectivity index is 2.16. The van der Waals surface area contributed by atoms with Crippen molar-refractivity contribution in [1.82, 2.24) is 4.90 Å². The predicted octanol–water partition coefficient (Wildman–Crippen LogP) is 0.730. The Labute approximate surface area is 161 Å². The summed E-state index contributed by atoms with van der Waals surface area (Å²) in [5, 5.41) is 1.70. The van der Waals surface area contributed by atoms with Gasteiger partial charge in [-0.3, -0.25) is 14.5 Å². The number of halogens is 1. The second kappa shape index (κ2) is 7.59. The Bertz CT molecular complexity index is 774. The number of nitrogens with two attached hydrogens (primary N) is 1. The van der Waals surface area contributed by atoms with Gasteiger partial charge in [-0.2, -0.15) is 11.8 Å². The standard InChI is InChI=1S/C19H23FN2O4S/c1-4-22-16(23)13-14(17(22)24)19(9-10-27-3,18(25)26-2)21-15(13)11-7-5-6-8-12(11)20/h5-8,13-15,21H,4,9-10H2,1-3H3/p+1/t13-,14-,15-,19+/m0/s1. The SMILES string of the molecule is CCN1C(=O)[C@H]2[C@@H](C1=O)[C@](CCSC)(C(=O)OC)[NH2+][C@H]2c1ccccc1F. The van der Waals surface area contributed by atoms with Crippen LogP contribution in [0.2, 0.25) is 0 Å². The molecule has 146 valence electrons. The number of rotatable bonds is 6. The first kappa shape index (κ1) is 19.8. The normalized spacial score (nSPS) is 29.9. The van der Waals surface area contributed by atoms with E-state index in [1.807, 2.05) is 6.26 Å². The quantitative estimate of drug-likeness (QED) is 0.567. The van der Waals surface area contributed by atoms with E-state index in [0.717, 1.165) is 0 Å². The van der Waals surface area contributed by atoms with Gasteiger partial charge in [0.15, 0.2) is 0 Å². The molecule has 2 N–H and O–H groups in total. The Morgan fingerprint density at radius 1 is 1.33 bits per heavy atom. The zero-order valence-electron chi connectivity index (χ0n) is 15.6. The molecule has 2 heterocycles. The topological polar surface area (TPSA) is 80.3 Å². The van der Waals surface area contributed by atoms with Gasteiger partial charge < -0.3 is 10.1 Å². The number of carbonyl (C=O) groups is 3. The van der Waals surface area contributed by atoms with Gasteiger partial charge in [-0.05, 0) is 25.0 Å². The molecule has 2 saturated heterocycles. The molecule has 4 atom stereocenters. The molecule has 8 heteroatoms. The van der Waals surface area contributed by atoms with Crippen LogP contribution >= 0.6 is 11.8 Å². The van der Waals surface area contributed by atoms with Crippen molar-refractivity contribution in [3.8, 4) is 0 Å². The second-order valence-electron chi connectivity index (χ2n) is 6.91. The Morgan fingerprint density at radius 3 is 2.63 bits per heavy atom. The Hall–Kier alpha value is -1.93. The lowest BCUT2D eigenvalue weighted by molar-refractivity contribution is -0.734. The highest BCUT2D eigenvalue weighted by molar-refractivity contribution is 7.98. The van der Waals surface area contributed by atoms with Gasteiger partial charge in [0.25, 0.3) is 0 Å². The highest BCUT2D eigenvalue weighted by atomic mass is 32.2. The van der Waals surface area contributed by atoms with Gasteiger partial charge in [-0.25, -0.2) is 9.18 Å². The molecule has 1 aromatic rings. The van der Waals surface area contributed by atoms with E-state index in [1.165, 1.54) is 18.1 Å². The van der Waals surface area contributed by atoms with Crippen molar-refractivity contribution in [2.75, 3.05) is 25.7 Å². The number of fused-ring (bicyclic) bond motifs is 1. The number of carbonyl (C=O) groups excluding carboxylic acids is 3. The summed E-state index contributed by atoms with van der Waals surface area (Å²) in [5.41, 5.74) is -0.895. The molecular weight excluding hydrogens is 371 g/mol. The molecule has 2 aliphatic rings. The molecule has 0 aliphatic carbocycles. The molecule has 0 saturated carbocycles. The number of imide groups is 1. The summed E-state index contributed by atoms with van der Waals surface area (Å²) in [6.07, 6.45) is 2.27. The Morgan fingerprint density at radius 2 is 2.04 bits per heavy atom. The molecule has 2 aliphatic heterocycles. The van der Waals surface area contributed by atoms with Crippen LogP contribution in [-0.2, 0) is 19.1 Å². The maximum absolute atomic E-state index is 14.5. The van der Waals surface area contributed by atoms with Crippen molar-refractivity contribution < 1.29 is 28.8 Å². The summed E-state index contributed by atoms with van der Waals surface area (Å²) in [6, 6.07) is 5.57. The van der Waals surface area contributed by atoms with Crippen molar-refractivity contribution in [1.29, 1.82) is 0 Å².